The molecule has 3 rings (SSSR count). The van der Waals surface area contributed by atoms with Crippen LogP contribution in [0.2, 0.25) is 0 Å². The van der Waals surface area contributed by atoms with E-state index < -0.39 is 0 Å². The molecule has 0 aliphatic carbocycles. The molecular formula is C16H25Cl2N2O. The number of piperidine rings is 1. The van der Waals surface area contributed by atoms with Gasteiger partial charge in [0.15, 0.2) is 0 Å². The summed E-state index contributed by atoms with van der Waals surface area (Å²) in [5.41, 5.74) is 0.291. The molecule has 3 atom stereocenters. The van der Waals surface area contributed by atoms with Crippen LogP contribution in [-0.4, -0.2) is 22.7 Å². The van der Waals surface area contributed by atoms with Gasteiger partial charge >= 0.3 is 0 Å². The summed E-state index contributed by atoms with van der Waals surface area (Å²) in [6.07, 6.45) is 9.96. The van der Waals surface area contributed by atoms with Crippen molar-refractivity contribution >= 4 is 24.8 Å². The molecule has 2 aliphatic rings. The van der Waals surface area contributed by atoms with Crippen LogP contribution in [0.1, 0.15) is 46.0 Å². The van der Waals surface area contributed by atoms with E-state index in [4.69, 9.17) is 4.74 Å². The lowest BCUT2D eigenvalue weighted by Gasteiger charge is -2.40. The number of halogens is 2. The molecular weight excluding hydrogens is 307 g/mol. The Morgan fingerprint density at radius 3 is 2.71 bits per heavy atom. The Morgan fingerprint density at radius 2 is 2.05 bits per heavy atom. The Labute approximate surface area is 140 Å². The van der Waals surface area contributed by atoms with Crippen LogP contribution in [0, 0.1) is 5.92 Å². The Kier molecular flexibility index (Phi) is 6.76. The lowest BCUT2D eigenvalue weighted by atomic mass is 9.82. The Morgan fingerprint density at radius 1 is 1.33 bits per heavy atom. The average molecular weight is 332 g/mol. The van der Waals surface area contributed by atoms with E-state index in [0.717, 1.165) is 18.6 Å². The van der Waals surface area contributed by atoms with E-state index in [-0.39, 0.29) is 24.8 Å². The highest BCUT2D eigenvalue weighted by Gasteiger charge is 2.46. The number of hydrogen-bond acceptors (Lipinski definition) is 3. The molecule has 1 aromatic heterocycles. The Bertz CT molecular complexity index is 430. The van der Waals surface area contributed by atoms with Gasteiger partial charge in [-0.1, -0.05) is 13.8 Å². The zero-order valence-electron chi connectivity index (χ0n) is 12.7. The van der Waals surface area contributed by atoms with Crippen molar-refractivity contribution in [1.29, 1.82) is 0 Å². The van der Waals surface area contributed by atoms with Gasteiger partial charge in [-0.15, -0.1) is 24.8 Å². The second-order valence-corrected chi connectivity index (χ2v) is 6.41. The summed E-state index contributed by atoms with van der Waals surface area (Å²) in [5, 5.41) is 3.84. The van der Waals surface area contributed by atoms with Gasteiger partial charge in [0.2, 0.25) is 0 Å². The van der Waals surface area contributed by atoms with E-state index in [1.165, 1.54) is 25.2 Å². The molecule has 2 saturated heterocycles. The highest BCUT2D eigenvalue weighted by Crippen LogP contribution is 2.41. The summed E-state index contributed by atoms with van der Waals surface area (Å²) < 4.78 is 6.15. The summed E-state index contributed by atoms with van der Waals surface area (Å²) >= 11 is 0. The molecule has 0 unspecified atom stereocenters. The fourth-order valence-electron chi connectivity index (χ4n) is 3.79. The summed E-state index contributed by atoms with van der Waals surface area (Å²) in [7, 11) is 0. The molecule has 21 heavy (non-hydrogen) atoms. The molecule has 5 heteroatoms. The van der Waals surface area contributed by atoms with Crippen molar-refractivity contribution in [2.75, 3.05) is 0 Å². The highest BCUT2D eigenvalue weighted by molar-refractivity contribution is 5.85. The van der Waals surface area contributed by atoms with Gasteiger partial charge in [-0.05, 0) is 43.7 Å². The molecule has 0 saturated carbocycles. The lowest BCUT2D eigenvalue weighted by Crippen LogP contribution is -2.52. The first-order chi connectivity index (χ1) is 9.15. The van der Waals surface area contributed by atoms with Crippen molar-refractivity contribution in [3.63, 3.8) is 0 Å². The molecule has 0 aromatic carbocycles. The van der Waals surface area contributed by atoms with Crippen molar-refractivity contribution in [2.24, 2.45) is 0 Å². The third kappa shape index (κ3) is 4.48. The average Bonchev–Trinajstić information content (AvgIpc) is 2.65. The molecule has 1 N–H and O–H groups in total. The third-order valence-electron chi connectivity index (χ3n) is 4.29. The van der Waals surface area contributed by atoms with Crippen molar-refractivity contribution in [3.05, 3.63) is 30.4 Å². The van der Waals surface area contributed by atoms with E-state index in [1.54, 1.807) is 12.4 Å². The number of hydrogen-bond donors (Lipinski definition) is 1. The van der Waals surface area contributed by atoms with Gasteiger partial charge in [0.1, 0.15) is 11.9 Å². The molecule has 3 nitrogen and oxygen atoms in total. The van der Waals surface area contributed by atoms with E-state index in [9.17, 15) is 0 Å². The van der Waals surface area contributed by atoms with Crippen molar-refractivity contribution in [3.8, 4) is 5.75 Å². The zero-order valence-corrected chi connectivity index (χ0v) is 14.3. The van der Waals surface area contributed by atoms with E-state index in [1.807, 2.05) is 12.1 Å². The first kappa shape index (κ1) is 18.5. The molecule has 0 spiro atoms. The molecule has 1 aromatic rings. The molecule has 3 heterocycles. The summed E-state index contributed by atoms with van der Waals surface area (Å²) in [5.74, 6) is 2.46. The summed E-state index contributed by atoms with van der Waals surface area (Å²) in [4.78, 5) is 4.04. The monoisotopic (exact) mass is 331 g/mol. The molecule has 0 amide bonds. The van der Waals surface area contributed by atoms with Gasteiger partial charge in [0.05, 0.1) is 0 Å². The predicted molar refractivity (Wildman–Crippen MR) is 90.5 cm³/mol. The van der Waals surface area contributed by atoms with E-state index in [2.05, 4.69) is 24.1 Å². The van der Waals surface area contributed by atoms with E-state index in [0.29, 0.717) is 17.7 Å². The second kappa shape index (κ2) is 7.66. The highest BCUT2D eigenvalue weighted by atomic mass is 35.5. The van der Waals surface area contributed by atoms with Crippen molar-refractivity contribution < 1.29 is 4.74 Å². The number of rotatable bonds is 4. The topological polar surface area (TPSA) is 34.1 Å². The third-order valence-corrected chi connectivity index (χ3v) is 4.29. The van der Waals surface area contributed by atoms with Crippen LogP contribution >= 0.6 is 24.8 Å². The minimum Gasteiger partial charge on any atom is -0.490 e. The number of ether oxygens (including phenoxy) is 1. The van der Waals surface area contributed by atoms with Crippen LogP contribution in [0.25, 0.3) is 0 Å². The zero-order chi connectivity index (χ0) is 13.3. The van der Waals surface area contributed by atoms with Gasteiger partial charge in [-0.25, -0.2) is 0 Å². The maximum absolute atomic E-state index is 6.15. The van der Waals surface area contributed by atoms with Gasteiger partial charge in [0, 0.05) is 30.4 Å². The number of nitrogens with zero attached hydrogens (tertiary/aromatic N) is 1. The fraction of sp³-hybridized carbons (Fsp3) is 0.625. The standard InChI is InChI=1S/C16H23N2O.2ClH/c1-12(2)10-16-6-3-13(18-16)9-15(11-16)19-14-4-7-17-8-5-14;;/h4-5,7-8,13,15,18H,3,6,9-11H2,1-2H3;2*1H/t13-,15-,16+;;/m0../s1. The first-order valence-corrected chi connectivity index (χ1v) is 7.29. The van der Waals surface area contributed by atoms with Crippen LogP contribution in [0.5, 0.6) is 5.75 Å². The van der Waals surface area contributed by atoms with Crippen molar-refractivity contribution in [2.45, 2.75) is 63.6 Å². The number of aromatic nitrogens is 1. The molecule has 2 fully saturated rings. The minimum atomic E-state index is 0. The molecule has 2 aliphatic heterocycles. The maximum Gasteiger partial charge on any atom is 0.122 e. The largest absolute Gasteiger partial charge is 0.490 e. The minimum absolute atomic E-state index is 0. The molecule has 2 bridgehead atoms. The quantitative estimate of drug-likeness (QED) is 0.906. The van der Waals surface area contributed by atoms with Crippen LogP contribution in [0.15, 0.2) is 24.5 Å². The number of fused-ring (bicyclic) bond motifs is 2. The van der Waals surface area contributed by atoms with Gasteiger partial charge in [-0.3, -0.25) is 4.98 Å². The summed E-state index contributed by atoms with van der Waals surface area (Å²) in [6.45, 7) is 4.47. The van der Waals surface area contributed by atoms with Crippen LogP contribution in [0.3, 0.4) is 0 Å². The number of pyridine rings is 1. The molecule has 119 valence electrons. The van der Waals surface area contributed by atoms with Gasteiger partial charge in [-0.2, -0.15) is 0 Å². The van der Waals surface area contributed by atoms with Crippen LogP contribution < -0.4 is 10.1 Å². The SMILES string of the molecule is C[C](C)C[C@]12CC[C@@H](C[C@H](Oc3ccncc3)C1)N2.Cl.Cl. The van der Waals surface area contributed by atoms with Crippen molar-refractivity contribution in [1.82, 2.24) is 10.3 Å². The normalized spacial score (nSPS) is 30.4. The van der Waals surface area contributed by atoms with Crippen LogP contribution in [-0.2, 0) is 0 Å². The first-order valence-electron chi connectivity index (χ1n) is 7.29. The van der Waals surface area contributed by atoms with Gasteiger partial charge < -0.3 is 10.1 Å². The van der Waals surface area contributed by atoms with Gasteiger partial charge in [0.25, 0.3) is 0 Å². The Balaban J connectivity index is 0.00000110. The maximum atomic E-state index is 6.15. The second-order valence-electron chi connectivity index (χ2n) is 6.41. The molecule has 1 radical (unpaired) electrons. The number of nitrogens with one attached hydrogen (secondary N) is 1. The smallest absolute Gasteiger partial charge is 0.122 e. The van der Waals surface area contributed by atoms with E-state index >= 15 is 0 Å². The Hall–Kier alpha value is -0.510. The lowest BCUT2D eigenvalue weighted by molar-refractivity contribution is 0.0985. The predicted octanol–water partition coefficient (Wildman–Crippen LogP) is 3.96. The van der Waals surface area contributed by atoms with Crippen LogP contribution in [0.4, 0.5) is 0 Å². The summed E-state index contributed by atoms with van der Waals surface area (Å²) in [6, 6.07) is 4.54. The fourth-order valence-corrected chi connectivity index (χ4v) is 3.79.